The summed E-state index contributed by atoms with van der Waals surface area (Å²) in [6, 6.07) is 19.3. The summed E-state index contributed by atoms with van der Waals surface area (Å²) in [4.78, 5) is 19.2. The Hall–Kier alpha value is -2.81. The summed E-state index contributed by atoms with van der Waals surface area (Å²) in [5.41, 5.74) is 1.60. The molecule has 1 amide bonds. The molecule has 0 saturated heterocycles. The Bertz CT molecular complexity index is 1360. The number of fused-ring (bicyclic) bond motifs is 1. The van der Waals surface area contributed by atoms with Crippen LogP contribution in [0.5, 0.6) is 0 Å². The fourth-order valence-electron chi connectivity index (χ4n) is 3.15. The lowest BCUT2D eigenvalue weighted by Crippen LogP contribution is -2.31. The van der Waals surface area contributed by atoms with E-state index in [4.69, 9.17) is 11.6 Å². The number of halogens is 2. The van der Waals surface area contributed by atoms with Crippen molar-refractivity contribution in [3.8, 4) is 0 Å². The van der Waals surface area contributed by atoms with Gasteiger partial charge in [-0.25, -0.2) is 17.8 Å². The van der Waals surface area contributed by atoms with Crippen molar-refractivity contribution in [1.29, 1.82) is 0 Å². The normalized spacial score (nSPS) is 11.6. The molecule has 0 spiro atoms. The van der Waals surface area contributed by atoms with E-state index in [1.807, 2.05) is 30.3 Å². The number of hydrogen-bond acceptors (Lipinski definition) is 5. The molecule has 0 fully saturated rings. The van der Waals surface area contributed by atoms with Crippen LogP contribution in [0, 0.1) is 5.82 Å². The number of hydrogen-bond donors (Lipinski definition) is 0. The van der Waals surface area contributed by atoms with Gasteiger partial charge in [-0.05, 0) is 48.0 Å². The molecule has 1 aromatic heterocycles. The maximum Gasteiger partial charge on any atom is 0.230 e. The van der Waals surface area contributed by atoms with Gasteiger partial charge in [-0.15, -0.1) is 0 Å². The van der Waals surface area contributed by atoms with E-state index in [1.54, 1.807) is 18.2 Å². The Morgan fingerprint density at radius 1 is 1.03 bits per heavy atom. The summed E-state index contributed by atoms with van der Waals surface area (Å²) in [5.74, 6) is -1.28. The highest BCUT2D eigenvalue weighted by atomic mass is 35.5. The first-order chi connectivity index (χ1) is 15.3. The number of thiazole rings is 1. The number of aromatic nitrogens is 1. The number of anilines is 1. The first-order valence-corrected chi connectivity index (χ1v) is 12.6. The van der Waals surface area contributed by atoms with Crippen LogP contribution >= 0.6 is 22.9 Å². The molecule has 0 bridgehead atoms. The lowest BCUT2D eigenvalue weighted by Gasteiger charge is -2.20. The number of amides is 1. The summed E-state index contributed by atoms with van der Waals surface area (Å²) in [6.07, 6.45) is -0.233. The van der Waals surface area contributed by atoms with Crippen LogP contribution in [-0.2, 0) is 21.2 Å². The van der Waals surface area contributed by atoms with Crippen LogP contribution in [0.1, 0.15) is 12.0 Å². The molecule has 9 heteroatoms. The highest BCUT2D eigenvalue weighted by Crippen LogP contribution is 2.32. The van der Waals surface area contributed by atoms with E-state index >= 15 is 0 Å². The van der Waals surface area contributed by atoms with Gasteiger partial charge in [0, 0.05) is 11.4 Å². The molecule has 0 aliphatic carbocycles. The highest BCUT2D eigenvalue weighted by molar-refractivity contribution is 7.91. The second-order valence-corrected chi connectivity index (χ2v) is 10.7. The van der Waals surface area contributed by atoms with E-state index in [2.05, 4.69) is 4.98 Å². The molecular formula is C23H18ClFN2O3S2. The third-order valence-electron chi connectivity index (χ3n) is 4.81. The standard InChI is InChI=1S/C23H18ClFN2O3S2/c24-17-6-11-20-21(14-17)31-23(26-20)27(15-16-4-2-1-3-5-16)22(28)12-13-32(29,30)19-9-7-18(25)8-10-19/h1-11,14H,12-13,15H2. The van der Waals surface area contributed by atoms with Crippen molar-refractivity contribution < 1.29 is 17.6 Å². The van der Waals surface area contributed by atoms with Gasteiger partial charge in [0.25, 0.3) is 0 Å². The van der Waals surface area contributed by atoms with Gasteiger partial charge in [-0.1, -0.05) is 53.3 Å². The SMILES string of the molecule is O=C(CCS(=O)(=O)c1ccc(F)cc1)N(Cc1ccccc1)c1nc2ccc(Cl)cc2s1. The van der Waals surface area contributed by atoms with E-state index in [0.717, 1.165) is 22.4 Å². The number of rotatable bonds is 7. The van der Waals surface area contributed by atoms with Crippen LogP contribution in [-0.4, -0.2) is 25.1 Å². The molecule has 0 saturated carbocycles. The van der Waals surface area contributed by atoms with Crippen LogP contribution in [0.25, 0.3) is 10.2 Å². The van der Waals surface area contributed by atoms with E-state index in [9.17, 15) is 17.6 Å². The molecule has 0 aliphatic heterocycles. The van der Waals surface area contributed by atoms with Gasteiger partial charge in [-0.2, -0.15) is 0 Å². The number of benzene rings is 3. The smallest absolute Gasteiger partial charge is 0.230 e. The van der Waals surface area contributed by atoms with Crippen molar-refractivity contribution in [1.82, 2.24) is 4.98 Å². The van der Waals surface area contributed by atoms with Crippen molar-refractivity contribution in [2.75, 3.05) is 10.7 Å². The van der Waals surface area contributed by atoms with Crippen LogP contribution in [0.3, 0.4) is 0 Å². The summed E-state index contributed by atoms with van der Waals surface area (Å²) < 4.78 is 39.2. The minimum atomic E-state index is -3.74. The maximum atomic E-state index is 13.2. The molecule has 0 N–H and O–H groups in total. The Kier molecular flexibility index (Phi) is 6.55. The summed E-state index contributed by atoms with van der Waals surface area (Å²) in [7, 11) is -3.74. The minimum Gasteiger partial charge on any atom is -0.284 e. The molecule has 0 atom stereocenters. The average Bonchev–Trinajstić information content (AvgIpc) is 3.19. The second-order valence-electron chi connectivity index (χ2n) is 7.10. The molecule has 3 aromatic carbocycles. The molecule has 164 valence electrons. The first-order valence-electron chi connectivity index (χ1n) is 9.70. The summed E-state index contributed by atoms with van der Waals surface area (Å²) in [6.45, 7) is 0.254. The van der Waals surface area contributed by atoms with Crippen LogP contribution in [0.4, 0.5) is 9.52 Å². The van der Waals surface area contributed by atoms with Crippen LogP contribution in [0.15, 0.2) is 77.7 Å². The summed E-state index contributed by atoms with van der Waals surface area (Å²) >= 11 is 7.39. The number of carbonyl (C=O) groups is 1. The second kappa shape index (κ2) is 9.36. The molecule has 0 radical (unpaired) electrons. The molecule has 5 nitrogen and oxygen atoms in total. The third-order valence-corrected chi connectivity index (χ3v) is 7.82. The van der Waals surface area contributed by atoms with Crippen LogP contribution < -0.4 is 4.90 Å². The van der Waals surface area contributed by atoms with Gasteiger partial charge in [0.15, 0.2) is 15.0 Å². The largest absolute Gasteiger partial charge is 0.284 e. The molecular weight excluding hydrogens is 471 g/mol. The van der Waals surface area contributed by atoms with Crippen molar-refractivity contribution in [2.45, 2.75) is 17.9 Å². The molecule has 0 unspecified atom stereocenters. The van der Waals surface area contributed by atoms with Gasteiger partial charge in [0.2, 0.25) is 5.91 Å². The molecule has 4 rings (SSSR count). The zero-order valence-electron chi connectivity index (χ0n) is 16.7. The lowest BCUT2D eigenvalue weighted by molar-refractivity contribution is -0.118. The Balaban J connectivity index is 1.60. The van der Waals surface area contributed by atoms with Gasteiger partial charge in [0.05, 0.1) is 27.4 Å². The van der Waals surface area contributed by atoms with E-state index < -0.39 is 15.7 Å². The van der Waals surface area contributed by atoms with Gasteiger partial charge < -0.3 is 0 Å². The monoisotopic (exact) mass is 488 g/mol. The quantitative estimate of drug-likeness (QED) is 0.323. The van der Waals surface area contributed by atoms with Gasteiger partial charge in [-0.3, -0.25) is 9.69 Å². The van der Waals surface area contributed by atoms with Crippen LogP contribution in [0.2, 0.25) is 5.02 Å². The Labute approximate surface area is 194 Å². The molecule has 1 heterocycles. The zero-order chi connectivity index (χ0) is 22.7. The fraction of sp³-hybridized carbons (Fsp3) is 0.130. The van der Waals surface area contributed by atoms with Crippen molar-refractivity contribution >= 4 is 54.0 Å². The summed E-state index contributed by atoms with van der Waals surface area (Å²) in [5, 5.41) is 1.04. The zero-order valence-corrected chi connectivity index (χ0v) is 19.1. The van der Waals surface area contributed by atoms with Crippen molar-refractivity contribution in [2.24, 2.45) is 0 Å². The Morgan fingerprint density at radius 2 is 1.75 bits per heavy atom. The minimum absolute atomic E-state index is 0.0176. The van der Waals surface area contributed by atoms with Crippen molar-refractivity contribution in [3.63, 3.8) is 0 Å². The number of nitrogens with zero attached hydrogens (tertiary/aromatic N) is 2. The highest BCUT2D eigenvalue weighted by Gasteiger charge is 2.23. The van der Waals surface area contributed by atoms with E-state index in [-0.39, 0.29) is 29.5 Å². The van der Waals surface area contributed by atoms with E-state index in [0.29, 0.717) is 15.7 Å². The maximum absolute atomic E-state index is 13.2. The molecule has 32 heavy (non-hydrogen) atoms. The molecule has 0 aliphatic rings. The topological polar surface area (TPSA) is 67.3 Å². The molecule has 4 aromatic rings. The number of sulfone groups is 1. The average molecular weight is 489 g/mol. The van der Waals surface area contributed by atoms with Crippen molar-refractivity contribution in [3.05, 3.63) is 89.2 Å². The number of carbonyl (C=O) groups excluding carboxylic acids is 1. The predicted molar refractivity (Wildman–Crippen MR) is 125 cm³/mol. The third kappa shape index (κ3) is 5.15. The van der Waals surface area contributed by atoms with Gasteiger partial charge >= 0.3 is 0 Å². The lowest BCUT2D eigenvalue weighted by atomic mass is 10.2. The predicted octanol–water partition coefficient (Wildman–Crippen LogP) is 5.49. The Morgan fingerprint density at radius 3 is 2.47 bits per heavy atom. The fourth-order valence-corrected chi connectivity index (χ4v) is 5.63. The first kappa shape index (κ1) is 22.4. The van der Waals surface area contributed by atoms with E-state index in [1.165, 1.54) is 28.4 Å². The van der Waals surface area contributed by atoms with Gasteiger partial charge in [0.1, 0.15) is 5.82 Å².